The zero-order chi connectivity index (χ0) is 20.1. The van der Waals surface area contributed by atoms with Crippen molar-refractivity contribution >= 4 is 34.0 Å². The Hall–Kier alpha value is -1.19. The number of anilines is 1. The average molecular weight is 434 g/mol. The van der Waals surface area contributed by atoms with Crippen molar-refractivity contribution < 1.29 is 17.9 Å². The van der Waals surface area contributed by atoms with Gasteiger partial charge in [0.25, 0.3) is 0 Å². The van der Waals surface area contributed by atoms with Gasteiger partial charge in [-0.05, 0) is 50.6 Å². The van der Waals surface area contributed by atoms with Crippen molar-refractivity contribution in [3.63, 3.8) is 0 Å². The number of nitrogens with one attached hydrogen (secondary N) is 2. The Bertz CT molecular complexity index is 755. The van der Waals surface area contributed by atoms with Gasteiger partial charge in [-0.15, -0.1) is 12.4 Å². The summed E-state index contributed by atoms with van der Waals surface area (Å²) >= 11 is 0. The number of sulfonamides is 1. The second kappa shape index (κ2) is 10.5. The quantitative estimate of drug-likeness (QED) is 0.657. The minimum Gasteiger partial charge on any atom is -0.384 e. The minimum atomic E-state index is -3.59. The number of nitrogens with zero attached hydrogens (tertiary/aromatic N) is 1. The monoisotopic (exact) mass is 433 g/mol. The second-order valence-corrected chi connectivity index (χ2v) is 8.89. The third-order valence-electron chi connectivity index (χ3n) is 5.23. The molecule has 2 rings (SSSR count). The first kappa shape index (κ1) is 24.8. The van der Waals surface area contributed by atoms with Crippen LogP contribution in [0.4, 0.5) is 5.69 Å². The summed E-state index contributed by atoms with van der Waals surface area (Å²) in [4.78, 5) is 13.2. The Kier molecular flexibility index (Phi) is 9.36. The number of carbonyl (C=O) groups excluding carboxylic acids is 1. The number of carbonyl (C=O) groups is 1. The molecule has 0 aromatic heterocycles. The van der Waals surface area contributed by atoms with Gasteiger partial charge < -0.3 is 15.4 Å². The van der Waals surface area contributed by atoms with Gasteiger partial charge >= 0.3 is 0 Å². The summed E-state index contributed by atoms with van der Waals surface area (Å²) in [6.45, 7) is 8.05. The highest BCUT2D eigenvalue weighted by Crippen LogP contribution is 2.32. The molecule has 9 heteroatoms. The molecular formula is C19H32ClN3O4S. The maximum atomic E-state index is 13.0. The molecule has 1 aliphatic rings. The highest BCUT2D eigenvalue weighted by Gasteiger charge is 2.39. The molecular weight excluding hydrogens is 402 g/mol. The van der Waals surface area contributed by atoms with E-state index >= 15 is 0 Å². The highest BCUT2D eigenvalue weighted by atomic mass is 35.5. The topological polar surface area (TPSA) is 87.7 Å². The number of ether oxygens (including phenoxy) is 1. The number of methoxy groups -OCH3 is 1. The molecule has 160 valence electrons. The van der Waals surface area contributed by atoms with Crippen molar-refractivity contribution in [3.05, 3.63) is 23.8 Å². The first-order valence-corrected chi connectivity index (χ1v) is 10.9. The van der Waals surface area contributed by atoms with Gasteiger partial charge in [0.05, 0.1) is 16.9 Å². The lowest BCUT2D eigenvalue weighted by molar-refractivity contribution is -0.130. The van der Waals surface area contributed by atoms with Gasteiger partial charge in [-0.3, -0.25) is 4.79 Å². The number of rotatable bonds is 8. The van der Waals surface area contributed by atoms with Crippen LogP contribution in [0.25, 0.3) is 0 Å². The molecule has 0 saturated carbocycles. The molecule has 0 atom stereocenters. The van der Waals surface area contributed by atoms with Gasteiger partial charge in [0.2, 0.25) is 15.9 Å². The normalized spacial score (nSPS) is 16.5. The first-order chi connectivity index (χ1) is 12.8. The molecule has 28 heavy (non-hydrogen) atoms. The number of hydrogen-bond acceptors (Lipinski definition) is 5. The molecule has 1 amide bonds. The van der Waals surface area contributed by atoms with Gasteiger partial charge in [-0.1, -0.05) is 19.9 Å². The lowest BCUT2D eigenvalue weighted by Gasteiger charge is -2.35. The second-order valence-electron chi connectivity index (χ2n) is 6.99. The van der Waals surface area contributed by atoms with E-state index in [2.05, 4.69) is 10.6 Å². The largest absolute Gasteiger partial charge is 0.384 e. The molecule has 0 unspecified atom stereocenters. The van der Waals surface area contributed by atoms with Crippen LogP contribution < -0.4 is 10.6 Å². The van der Waals surface area contributed by atoms with Crippen LogP contribution in [0.1, 0.15) is 32.3 Å². The Balaban J connectivity index is 0.00000392. The molecule has 0 aliphatic carbocycles. The SMILES string of the molecule is CCN(CC)S(=O)(=O)c1cc(NC(=O)C2(COC)CCNCC2)ccc1C.Cl. The molecule has 1 aromatic carbocycles. The standard InChI is InChI=1S/C19H31N3O4S.ClH/c1-5-22(6-2)27(24,25)17-13-16(8-7-15(17)3)21-18(23)19(14-26-4)9-11-20-12-10-19;/h7-8,13,20H,5-6,9-12,14H2,1-4H3,(H,21,23);1H. The van der Waals surface area contributed by atoms with Crippen LogP contribution in [0.5, 0.6) is 0 Å². The Labute approximate surface area is 174 Å². The molecule has 0 spiro atoms. The van der Waals surface area contributed by atoms with Gasteiger partial charge in [0, 0.05) is 25.9 Å². The van der Waals surface area contributed by atoms with Crippen molar-refractivity contribution in [3.8, 4) is 0 Å². The molecule has 0 bridgehead atoms. The van der Waals surface area contributed by atoms with Crippen LogP contribution in [0.3, 0.4) is 0 Å². The average Bonchev–Trinajstić information content (AvgIpc) is 2.65. The molecule has 1 heterocycles. The third-order valence-corrected chi connectivity index (χ3v) is 7.42. The maximum Gasteiger partial charge on any atom is 0.243 e. The zero-order valence-electron chi connectivity index (χ0n) is 17.1. The van der Waals surface area contributed by atoms with E-state index in [4.69, 9.17) is 4.74 Å². The molecule has 1 saturated heterocycles. The van der Waals surface area contributed by atoms with Crippen molar-refractivity contribution in [2.45, 2.75) is 38.5 Å². The lowest BCUT2D eigenvalue weighted by Crippen LogP contribution is -2.47. The van der Waals surface area contributed by atoms with E-state index in [0.717, 1.165) is 13.1 Å². The Morgan fingerprint density at radius 2 is 1.86 bits per heavy atom. The van der Waals surface area contributed by atoms with Gasteiger partial charge in [0.1, 0.15) is 0 Å². The predicted molar refractivity (Wildman–Crippen MR) is 114 cm³/mol. The summed E-state index contributed by atoms with van der Waals surface area (Å²) < 4.78 is 32.5. The number of halogens is 1. The van der Waals surface area contributed by atoms with Crippen LogP contribution in [0.15, 0.2) is 23.1 Å². The molecule has 2 N–H and O–H groups in total. The lowest BCUT2D eigenvalue weighted by atomic mass is 9.78. The fraction of sp³-hybridized carbons (Fsp3) is 0.632. The summed E-state index contributed by atoms with van der Waals surface area (Å²) in [6, 6.07) is 5.04. The fourth-order valence-electron chi connectivity index (χ4n) is 3.54. The minimum absolute atomic E-state index is 0. The summed E-state index contributed by atoms with van der Waals surface area (Å²) in [5.41, 5.74) is 0.557. The molecule has 1 fully saturated rings. The number of aryl methyl sites for hydroxylation is 1. The number of piperidine rings is 1. The number of hydrogen-bond donors (Lipinski definition) is 2. The van der Waals surface area contributed by atoms with E-state index in [9.17, 15) is 13.2 Å². The fourth-order valence-corrected chi connectivity index (χ4v) is 5.25. The van der Waals surface area contributed by atoms with Crippen LogP contribution in [-0.2, 0) is 19.6 Å². The first-order valence-electron chi connectivity index (χ1n) is 9.42. The van der Waals surface area contributed by atoms with Crippen molar-refractivity contribution in [1.82, 2.24) is 9.62 Å². The Morgan fingerprint density at radius 1 is 1.25 bits per heavy atom. The molecule has 1 aromatic rings. The molecule has 7 nitrogen and oxygen atoms in total. The van der Waals surface area contributed by atoms with Crippen LogP contribution in [0.2, 0.25) is 0 Å². The van der Waals surface area contributed by atoms with E-state index in [0.29, 0.717) is 43.8 Å². The van der Waals surface area contributed by atoms with Crippen LogP contribution in [0, 0.1) is 12.3 Å². The summed E-state index contributed by atoms with van der Waals surface area (Å²) in [6.07, 6.45) is 1.37. The van der Waals surface area contributed by atoms with Crippen LogP contribution >= 0.6 is 12.4 Å². The van der Waals surface area contributed by atoms with E-state index in [1.54, 1.807) is 32.2 Å². The van der Waals surface area contributed by atoms with E-state index < -0.39 is 15.4 Å². The Morgan fingerprint density at radius 3 is 2.39 bits per heavy atom. The van der Waals surface area contributed by atoms with Crippen molar-refractivity contribution in [2.75, 3.05) is 45.2 Å². The van der Waals surface area contributed by atoms with Crippen molar-refractivity contribution in [1.29, 1.82) is 0 Å². The summed E-state index contributed by atoms with van der Waals surface area (Å²) in [5.74, 6) is -0.124. The van der Waals surface area contributed by atoms with Gasteiger partial charge in [-0.2, -0.15) is 4.31 Å². The van der Waals surface area contributed by atoms with Gasteiger partial charge in [-0.25, -0.2) is 8.42 Å². The van der Waals surface area contributed by atoms with Crippen molar-refractivity contribution in [2.24, 2.45) is 5.41 Å². The number of benzene rings is 1. The van der Waals surface area contributed by atoms with E-state index in [1.165, 1.54) is 4.31 Å². The van der Waals surface area contributed by atoms with E-state index in [-0.39, 0.29) is 23.2 Å². The molecule has 0 radical (unpaired) electrons. The highest BCUT2D eigenvalue weighted by molar-refractivity contribution is 7.89. The number of amides is 1. The predicted octanol–water partition coefficient (Wildman–Crippen LogP) is 2.40. The summed E-state index contributed by atoms with van der Waals surface area (Å²) in [7, 11) is -2.00. The zero-order valence-corrected chi connectivity index (χ0v) is 18.7. The van der Waals surface area contributed by atoms with Gasteiger partial charge in [0.15, 0.2) is 0 Å². The van der Waals surface area contributed by atoms with Crippen LogP contribution in [-0.4, -0.2) is 58.5 Å². The van der Waals surface area contributed by atoms with E-state index in [1.807, 2.05) is 13.8 Å². The third kappa shape index (κ3) is 5.24. The maximum absolute atomic E-state index is 13.0. The molecule has 1 aliphatic heterocycles. The smallest absolute Gasteiger partial charge is 0.243 e. The summed E-state index contributed by atoms with van der Waals surface area (Å²) in [5, 5.41) is 6.18.